The highest BCUT2D eigenvalue weighted by molar-refractivity contribution is 7.89. The van der Waals surface area contributed by atoms with Crippen LogP contribution in [0.5, 0.6) is 5.75 Å². The van der Waals surface area contributed by atoms with Crippen molar-refractivity contribution in [2.24, 2.45) is 0 Å². The second-order valence-corrected chi connectivity index (χ2v) is 9.97. The number of hydrogen-bond acceptors (Lipinski definition) is 7. The van der Waals surface area contributed by atoms with Crippen LogP contribution in [-0.2, 0) is 22.9 Å². The molecule has 0 aliphatic carbocycles. The Morgan fingerprint density at radius 3 is 2.53 bits per heavy atom. The summed E-state index contributed by atoms with van der Waals surface area (Å²) in [7, 11) is -1.79. The molecule has 0 amide bonds. The highest BCUT2D eigenvalue weighted by Crippen LogP contribution is 2.30. The summed E-state index contributed by atoms with van der Waals surface area (Å²) >= 11 is 0. The van der Waals surface area contributed by atoms with Gasteiger partial charge in [-0.2, -0.15) is 4.31 Å². The third-order valence-corrected chi connectivity index (χ3v) is 7.67. The molecule has 0 spiro atoms. The largest absolute Gasteiger partial charge is 0.507 e. The maximum atomic E-state index is 13.2. The average molecular weight is 461 g/mol. The molecular formula is C21H28N6O4S. The Hall–Kier alpha value is -2.76. The third kappa shape index (κ3) is 3.91. The molecule has 1 aromatic carbocycles. The van der Waals surface area contributed by atoms with E-state index in [4.69, 9.17) is 0 Å². The molecule has 0 unspecified atom stereocenters. The number of benzene rings is 1. The number of phenolic OH excluding ortho intramolecular Hbond substituents is 1. The number of nitrogens with one attached hydrogen (secondary N) is 1. The zero-order valence-corrected chi connectivity index (χ0v) is 19.3. The molecule has 3 aromatic rings. The van der Waals surface area contributed by atoms with Gasteiger partial charge in [0.1, 0.15) is 11.6 Å². The van der Waals surface area contributed by atoms with Crippen molar-refractivity contribution in [2.45, 2.75) is 38.0 Å². The smallest absolute Gasteiger partial charge is 0.277 e. The monoisotopic (exact) mass is 460 g/mol. The topological polar surface area (TPSA) is 124 Å². The molecular weight excluding hydrogens is 432 g/mol. The van der Waals surface area contributed by atoms with Crippen molar-refractivity contribution in [2.75, 3.05) is 33.2 Å². The molecule has 0 bridgehead atoms. The molecule has 172 valence electrons. The van der Waals surface area contributed by atoms with Gasteiger partial charge in [0, 0.05) is 32.6 Å². The molecule has 1 aliphatic heterocycles. The van der Waals surface area contributed by atoms with E-state index in [2.05, 4.69) is 20.0 Å². The maximum Gasteiger partial charge on any atom is 0.277 e. The molecule has 11 heteroatoms. The van der Waals surface area contributed by atoms with E-state index < -0.39 is 10.0 Å². The fraction of sp³-hybridized carbons (Fsp3) is 0.476. The lowest BCUT2D eigenvalue weighted by molar-refractivity contribution is 0.222. The van der Waals surface area contributed by atoms with Gasteiger partial charge in [-0.15, -0.1) is 5.10 Å². The summed E-state index contributed by atoms with van der Waals surface area (Å²) in [5.74, 6) is 0.581. The lowest BCUT2D eigenvalue weighted by Gasteiger charge is -2.31. The van der Waals surface area contributed by atoms with Crippen LogP contribution in [-0.4, -0.2) is 75.5 Å². The second-order valence-electron chi connectivity index (χ2n) is 8.03. The second kappa shape index (κ2) is 8.64. The number of phenols is 1. The Kier molecular flexibility index (Phi) is 6.06. The number of hydrogen-bond donors (Lipinski definition) is 2. The molecule has 32 heavy (non-hydrogen) atoms. The van der Waals surface area contributed by atoms with Crippen LogP contribution in [0.2, 0.25) is 0 Å². The van der Waals surface area contributed by atoms with Gasteiger partial charge < -0.3 is 15.0 Å². The number of nitrogens with zero attached hydrogens (tertiary/aromatic N) is 5. The summed E-state index contributed by atoms with van der Waals surface area (Å²) in [6, 6.07) is 4.06. The molecule has 3 heterocycles. The molecule has 2 N–H and O–H groups in total. The number of rotatable bonds is 6. The van der Waals surface area contributed by atoms with Crippen LogP contribution >= 0.6 is 0 Å². The van der Waals surface area contributed by atoms with E-state index >= 15 is 0 Å². The summed E-state index contributed by atoms with van der Waals surface area (Å²) in [6.45, 7) is 6.02. The molecule has 1 aliphatic rings. The van der Waals surface area contributed by atoms with Gasteiger partial charge in [-0.25, -0.2) is 17.9 Å². The molecule has 1 saturated heterocycles. The lowest BCUT2D eigenvalue weighted by Crippen LogP contribution is -2.47. The summed E-state index contributed by atoms with van der Waals surface area (Å²) in [4.78, 5) is 22.2. The Morgan fingerprint density at radius 2 is 1.88 bits per heavy atom. The number of sulfonamides is 1. The standard InChI is InChI=1S/C21H28N6O4S/c1-4-6-18-22-16(5-2)19-21(29)23-20(24-27(18)19)15-13-14(7-8-17(15)28)32(30,31)26-11-9-25(3)10-12-26/h7-8,13,28H,4-6,9-12H2,1-3H3,(H,23,24,29). The van der Waals surface area contributed by atoms with Crippen molar-refractivity contribution in [1.82, 2.24) is 28.8 Å². The van der Waals surface area contributed by atoms with E-state index in [1.54, 1.807) is 0 Å². The van der Waals surface area contributed by atoms with Crippen LogP contribution in [0.4, 0.5) is 0 Å². The molecule has 0 saturated carbocycles. The predicted molar refractivity (Wildman–Crippen MR) is 120 cm³/mol. The SMILES string of the molecule is CCCc1nc(CC)c2c(=O)[nH]c(-c3cc(S(=O)(=O)N4CCN(C)CC4)ccc3O)nn12. The predicted octanol–water partition coefficient (Wildman–Crippen LogP) is 1.24. The number of aryl methyl sites for hydroxylation is 2. The van der Waals surface area contributed by atoms with Gasteiger partial charge in [0.25, 0.3) is 5.56 Å². The van der Waals surface area contributed by atoms with Gasteiger partial charge in [0.2, 0.25) is 10.0 Å². The number of aromatic amines is 1. The number of likely N-dealkylation sites (N-methyl/N-ethyl adjacent to an activating group) is 1. The van der Waals surface area contributed by atoms with E-state index in [0.29, 0.717) is 56.1 Å². The first-order chi connectivity index (χ1) is 15.3. The van der Waals surface area contributed by atoms with Gasteiger partial charge in [-0.1, -0.05) is 13.8 Å². The normalized spacial score (nSPS) is 16.1. The Labute approximate surface area is 186 Å². The van der Waals surface area contributed by atoms with Gasteiger partial charge in [-0.05, 0) is 38.1 Å². The lowest BCUT2D eigenvalue weighted by atomic mass is 10.2. The van der Waals surface area contributed by atoms with E-state index in [1.165, 1.54) is 27.0 Å². The minimum atomic E-state index is -3.75. The van der Waals surface area contributed by atoms with Crippen LogP contribution in [0.3, 0.4) is 0 Å². The van der Waals surface area contributed by atoms with Crippen LogP contribution < -0.4 is 5.56 Å². The molecule has 2 aromatic heterocycles. The fourth-order valence-corrected chi connectivity index (χ4v) is 5.38. The van der Waals surface area contributed by atoms with Crippen LogP contribution in [0.15, 0.2) is 27.9 Å². The number of aromatic nitrogens is 4. The molecule has 10 nitrogen and oxygen atoms in total. The fourth-order valence-electron chi connectivity index (χ4n) is 3.93. The van der Waals surface area contributed by atoms with E-state index in [9.17, 15) is 18.3 Å². The van der Waals surface area contributed by atoms with Crippen molar-refractivity contribution in [3.05, 3.63) is 40.1 Å². The highest BCUT2D eigenvalue weighted by atomic mass is 32.2. The Morgan fingerprint density at radius 1 is 1.16 bits per heavy atom. The first-order valence-corrected chi connectivity index (χ1v) is 12.2. The summed E-state index contributed by atoms with van der Waals surface area (Å²) in [5, 5.41) is 15.0. The van der Waals surface area contributed by atoms with Gasteiger partial charge >= 0.3 is 0 Å². The van der Waals surface area contributed by atoms with Gasteiger partial charge in [0.15, 0.2) is 11.3 Å². The van der Waals surface area contributed by atoms with Crippen molar-refractivity contribution in [1.29, 1.82) is 0 Å². The van der Waals surface area contributed by atoms with Gasteiger partial charge in [0.05, 0.1) is 16.2 Å². The van der Waals surface area contributed by atoms with Crippen LogP contribution in [0.1, 0.15) is 31.8 Å². The van der Waals surface area contributed by atoms with E-state index in [1.807, 2.05) is 20.9 Å². The number of aromatic hydroxyl groups is 1. The summed E-state index contributed by atoms with van der Waals surface area (Å²) < 4.78 is 29.3. The molecule has 4 rings (SSSR count). The van der Waals surface area contributed by atoms with E-state index in [-0.39, 0.29) is 27.6 Å². The molecule has 0 radical (unpaired) electrons. The molecule has 1 fully saturated rings. The number of fused-ring (bicyclic) bond motifs is 1. The Balaban J connectivity index is 1.82. The summed E-state index contributed by atoms with van der Waals surface area (Å²) in [5.41, 5.74) is 0.798. The van der Waals surface area contributed by atoms with E-state index in [0.717, 1.165) is 6.42 Å². The minimum absolute atomic E-state index is 0.0475. The zero-order valence-electron chi connectivity index (χ0n) is 18.5. The Bertz CT molecular complexity index is 1310. The van der Waals surface area contributed by atoms with Crippen LogP contribution in [0.25, 0.3) is 16.9 Å². The first-order valence-electron chi connectivity index (χ1n) is 10.8. The van der Waals surface area contributed by atoms with Gasteiger partial charge in [-0.3, -0.25) is 4.79 Å². The molecule has 0 atom stereocenters. The van der Waals surface area contributed by atoms with Crippen molar-refractivity contribution >= 4 is 15.5 Å². The maximum absolute atomic E-state index is 13.2. The zero-order chi connectivity index (χ0) is 23.0. The highest BCUT2D eigenvalue weighted by Gasteiger charge is 2.28. The quantitative estimate of drug-likeness (QED) is 0.567. The van der Waals surface area contributed by atoms with Crippen molar-refractivity contribution in [3.63, 3.8) is 0 Å². The number of H-pyrrole nitrogens is 1. The minimum Gasteiger partial charge on any atom is -0.507 e. The number of imidazole rings is 1. The third-order valence-electron chi connectivity index (χ3n) is 5.77. The average Bonchev–Trinajstić information content (AvgIpc) is 3.12. The first kappa shape index (κ1) is 22.4. The van der Waals surface area contributed by atoms with Crippen molar-refractivity contribution in [3.8, 4) is 17.1 Å². The number of piperazine rings is 1. The van der Waals surface area contributed by atoms with Crippen LogP contribution in [0, 0.1) is 0 Å². The van der Waals surface area contributed by atoms with Crippen molar-refractivity contribution < 1.29 is 13.5 Å². The summed E-state index contributed by atoms with van der Waals surface area (Å²) in [6.07, 6.45) is 2.05.